The largest absolute Gasteiger partial charge is 0.394 e. The van der Waals surface area contributed by atoms with Crippen LogP contribution in [0.2, 0.25) is 19.1 Å². The summed E-state index contributed by atoms with van der Waals surface area (Å²) < 4.78 is 8.90. The molecule has 5 N–H and O–H groups in total. The lowest BCUT2D eigenvalue weighted by Crippen LogP contribution is -2.75. The average molecular weight is 455 g/mol. The molecule has 154 valence electrons. The maximum atomic E-state index is 12.0. The number of unbranched alkanes of at least 4 members (excludes halogenated alkanes) is 1. The predicted octanol–water partition coefficient (Wildman–Crippen LogP) is 0.622. The van der Waals surface area contributed by atoms with E-state index in [9.17, 15) is 25.2 Å². The first-order chi connectivity index (χ1) is 11.8. The molecule has 0 radical (unpaired) electrons. The third-order valence-corrected chi connectivity index (χ3v) is 7.05. The number of halogens is 3. The molecule has 5 atom stereocenters. The van der Waals surface area contributed by atoms with E-state index in [1.54, 1.807) is 0 Å². The lowest BCUT2D eigenvalue weighted by Gasteiger charge is -2.49. The van der Waals surface area contributed by atoms with Crippen LogP contribution < -0.4 is 5.32 Å². The molecule has 0 aromatic heterocycles. The zero-order valence-electron chi connectivity index (χ0n) is 14.8. The summed E-state index contributed by atoms with van der Waals surface area (Å²) in [5.41, 5.74) is -2.58. The van der Waals surface area contributed by atoms with E-state index >= 15 is 0 Å². The van der Waals surface area contributed by atoms with Crippen LogP contribution in [0.3, 0.4) is 0 Å². The Kier molecular flexibility index (Phi) is 8.63. The molecule has 12 heteroatoms. The number of rotatable bonds is 7. The van der Waals surface area contributed by atoms with Crippen LogP contribution in [0.5, 0.6) is 0 Å². The smallest absolute Gasteiger partial charge is 0.274 e. The summed E-state index contributed by atoms with van der Waals surface area (Å²) in [6, 6.07) is 0.723. The highest BCUT2D eigenvalue weighted by Crippen LogP contribution is 2.34. The highest BCUT2D eigenvalue weighted by Gasteiger charge is 2.58. The van der Waals surface area contributed by atoms with Gasteiger partial charge in [-0.05, 0) is 19.1 Å². The third-order valence-electron chi connectivity index (χ3n) is 4.12. The van der Waals surface area contributed by atoms with Crippen LogP contribution in [0, 0.1) is 0 Å². The molecule has 0 aromatic carbocycles. The number of hydrogen-bond acceptors (Lipinski definition) is 7. The standard InChI is InChI=1S/C14H26Cl3NO7Si/c1-4-5-6-26(2,3)25-12-13(23,18-11(22)14(15,16)17)10(21)9(20)8(7-19)24-12/h8-10,12,19-21,23H,4-7H2,1-3H3,(H,18,22)/t8-,9-,10+,12-,13-/m1/s1. The molecule has 0 saturated carbocycles. The second-order valence-corrected chi connectivity index (χ2v) is 13.4. The van der Waals surface area contributed by atoms with E-state index in [2.05, 4.69) is 0 Å². The van der Waals surface area contributed by atoms with Gasteiger partial charge in [0.25, 0.3) is 9.70 Å². The number of carbonyl (C=O) groups excluding carboxylic acids is 1. The molecule has 1 heterocycles. The highest BCUT2D eigenvalue weighted by atomic mass is 35.6. The maximum Gasteiger partial charge on any atom is 0.274 e. The van der Waals surface area contributed by atoms with Crippen molar-refractivity contribution in [2.24, 2.45) is 0 Å². The number of alkyl halides is 3. The molecule has 1 rings (SSSR count). The quantitative estimate of drug-likeness (QED) is 0.217. The molecule has 1 aliphatic heterocycles. The Bertz CT molecular complexity index is 494. The van der Waals surface area contributed by atoms with E-state index in [-0.39, 0.29) is 0 Å². The van der Waals surface area contributed by atoms with Crippen molar-refractivity contribution in [1.29, 1.82) is 0 Å². The molecule has 0 unspecified atom stereocenters. The van der Waals surface area contributed by atoms with Gasteiger partial charge in [0.05, 0.1) is 6.61 Å². The van der Waals surface area contributed by atoms with E-state index in [1.165, 1.54) is 0 Å². The van der Waals surface area contributed by atoms with Crippen LogP contribution >= 0.6 is 34.8 Å². The van der Waals surface area contributed by atoms with Crippen LogP contribution in [0.1, 0.15) is 19.8 Å². The van der Waals surface area contributed by atoms with Crippen LogP contribution in [-0.2, 0) is 14.0 Å². The van der Waals surface area contributed by atoms with Gasteiger partial charge in [-0.2, -0.15) is 0 Å². The topological polar surface area (TPSA) is 128 Å². The van der Waals surface area contributed by atoms with Crippen molar-refractivity contribution in [3.63, 3.8) is 0 Å². The molecule has 1 aliphatic rings. The van der Waals surface area contributed by atoms with Crippen molar-refractivity contribution >= 4 is 49.0 Å². The number of amides is 1. The van der Waals surface area contributed by atoms with Crippen molar-refractivity contribution in [3.8, 4) is 0 Å². The van der Waals surface area contributed by atoms with Crippen LogP contribution in [-0.4, -0.2) is 75.4 Å². The summed E-state index contributed by atoms with van der Waals surface area (Å²) in [7, 11) is -2.40. The van der Waals surface area contributed by atoms with Crippen LogP contribution in [0.25, 0.3) is 0 Å². The molecule has 1 saturated heterocycles. The molecule has 0 spiro atoms. The molecule has 1 fully saturated rings. The van der Waals surface area contributed by atoms with Gasteiger partial charge in [0.1, 0.15) is 18.3 Å². The Balaban J connectivity index is 3.15. The minimum absolute atomic E-state index is 0.635. The number of aliphatic hydroxyl groups is 4. The number of aliphatic hydroxyl groups excluding tert-OH is 3. The molecule has 0 bridgehead atoms. The second kappa shape index (κ2) is 9.21. The van der Waals surface area contributed by atoms with Gasteiger partial charge >= 0.3 is 0 Å². The molecule has 26 heavy (non-hydrogen) atoms. The highest BCUT2D eigenvalue weighted by molar-refractivity contribution is 6.76. The third kappa shape index (κ3) is 5.90. The molecule has 8 nitrogen and oxygen atoms in total. The average Bonchev–Trinajstić information content (AvgIpc) is 2.53. The lowest BCUT2D eigenvalue weighted by molar-refractivity contribution is -0.330. The fraction of sp³-hybridized carbons (Fsp3) is 0.929. The van der Waals surface area contributed by atoms with Gasteiger partial charge < -0.3 is 34.9 Å². The number of nitrogens with one attached hydrogen (secondary N) is 1. The van der Waals surface area contributed by atoms with Gasteiger partial charge in [0.2, 0.25) is 5.72 Å². The first-order valence-corrected chi connectivity index (χ1v) is 12.5. The summed E-state index contributed by atoms with van der Waals surface area (Å²) in [5.74, 6) is -1.23. The lowest BCUT2D eigenvalue weighted by atomic mass is 9.93. The minimum atomic E-state index is -2.58. The van der Waals surface area contributed by atoms with E-state index in [1.807, 2.05) is 25.3 Å². The Morgan fingerprint density at radius 1 is 1.35 bits per heavy atom. The van der Waals surface area contributed by atoms with Crippen molar-refractivity contribution in [1.82, 2.24) is 5.32 Å². The minimum Gasteiger partial charge on any atom is -0.394 e. The van der Waals surface area contributed by atoms with E-state index in [0.29, 0.717) is 0 Å². The van der Waals surface area contributed by atoms with Gasteiger partial charge in [0, 0.05) is 0 Å². The summed E-state index contributed by atoms with van der Waals surface area (Å²) >= 11 is 16.5. The maximum absolute atomic E-state index is 12.0. The van der Waals surface area contributed by atoms with Crippen molar-refractivity contribution < 1.29 is 34.4 Å². The first-order valence-electron chi connectivity index (χ1n) is 8.20. The molecular formula is C14H26Cl3NO7Si. The first kappa shape index (κ1) is 24.4. The van der Waals surface area contributed by atoms with Gasteiger partial charge in [-0.1, -0.05) is 54.6 Å². The number of carbonyl (C=O) groups is 1. The van der Waals surface area contributed by atoms with Crippen LogP contribution in [0.15, 0.2) is 0 Å². The monoisotopic (exact) mass is 453 g/mol. The van der Waals surface area contributed by atoms with Crippen LogP contribution in [0.4, 0.5) is 0 Å². The number of hydrogen-bond donors (Lipinski definition) is 5. The molecule has 1 amide bonds. The Hall–Kier alpha value is 0.317. The second-order valence-electron chi connectivity index (χ2n) is 6.88. The molecule has 0 aliphatic carbocycles. The molecular weight excluding hydrogens is 429 g/mol. The Labute approximate surface area is 168 Å². The molecule has 0 aromatic rings. The van der Waals surface area contributed by atoms with Gasteiger partial charge in [-0.25, -0.2) is 0 Å². The summed E-state index contributed by atoms with van der Waals surface area (Å²) in [4.78, 5) is 12.0. The van der Waals surface area contributed by atoms with E-state index < -0.39 is 55.0 Å². The summed E-state index contributed by atoms with van der Waals surface area (Å²) in [6.07, 6.45) is -4.66. The number of ether oxygens (including phenoxy) is 1. The van der Waals surface area contributed by atoms with Gasteiger partial charge in [0.15, 0.2) is 14.6 Å². The zero-order chi connectivity index (χ0) is 20.3. The summed E-state index contributed by atoms with van der Waals surface area (Å²) in [5, 5.41) is 42.6. The fourth-order valence-electron chi connectivity index (χ4n) is 2.55. The van der Waals surface area contributed by atoms with Gasteiger partial charge in [-0.15, -0.1) is 0 Å². The predicted molar refractivity (Wildman–Crippen MR) is 99.4 cm³/mol. The summed E-state index contributed by atoms with van der Waals surface area (Å²) in [6.45, 7) is 5.12. The fourth-order valence-corrected chi connectivity index (χ4v) is 4.83. The van der Waals surface area contributed by atoms with Gasteiger partial charge in [-0.3, -0.25) is 4.79 Å². The Morgan fingerprint density at radius 2 is 1.92 bits per heavy atom. The Morgan fingerprint density at radius 3 is 2.38 bits per heavy atom. The van der Waals surface area contributed by atoms with E-state index in [0.717, 1.165) is 18.9 Å². The zero-order valence-corrected chi connectivity index (χ0v) is 18.1. The van der Waals surface area contributed by atoms with E-state index in [4.69, 9.17) is 44.0 Å². The normalized spacial score (nSPS) is 33.2. The van der Waals surface area contributed by atoms with Crippen molar-refractivity contribution in [2.75, 3.05) is 6.61 Å². The SMILES string of the molecule is CCCC[Si](C)(C)O[C@H]1O[C@H](CO)[C@@H](O)[C@H](O)[C@]1(O)NC(=O)C(Cl)(Cl)Cl. The van der Waals surface area contributed by atoms with Crippen molar-refractivity contribution in [2.45, 2.75) is 73.0 Å². The van der Waals surface area contributed by atoms with Crippen molar-refractivity contribution in [3.05, 3.63) is 0 Å².